The van der Waals surface area contributed by atoms with Gasteiger partial charge in [0.1, 0.15) is 23.3 Å². The van der Waals surface area contributed by atoms with Gasteiger partial charge in [-0.15, -0.1) is 0 Å². The zero-order chi connectivity index (χ0) is 28.4. The van der Waals surface area contributed by atoms with E-state index in [0.29, 0.717) is 65.5 Å². The van der Waals surface area contributed by atoms with Crippen LogP contribution in [0.25, 0.3) is 17.4 Å². The third-order valence-electron chi connectivity index (χ3n) is 6.42. The van der Waals surface area contributed by atoms with Crippen molar-refractivity contribution in [3.63, 3.8) is 0 Å². The van der Waals surface area contributed by atoms with Crippen LogP contribution < -0.4 is 19.6 Å². The minimum absolute atomic E-state index is 0.197. The van der Waals surface area contributed by atoms with Gasteiger partial charge in [-0.05, 0) is 49.7 Å². The third-order valence-corrected chi connectivity index (χ3v) is 7.97. The maximum Gasteiger partial charge on any atom is 0.338 e. The van der Waals surface area contributed by atoms with Crippen molar-refractivity contribution in [2.45, 2.75) is 32.7 Å². The second-order valence-electron chi connectivity index (χ2n) is 8.98. The molecule has 1 atom stereocenters. The number of esters is 1. The van der Waals surface area contributed by atoms with Gasteiger partial charge in [-0.3, -0.25) is 9.36 Å². The second kappa shape index (κ2) is 11.9. The van der Waals surface area contributed by atoms with Gasteiger partial charge in [0.25, 0.3) is 5.56 Å². The van der Waals surface area contributed by atoms with E-state index in [1.54, 1.807) is 56.5 Å². The van der Waals surface area contributed by atoms with Gasteiger partial charge in [-0.25, -0.2) is 9.79 Å². The number of hydrogen-bond donors (Lipinski definition) is 0. The van der Waals surface area contributed by atoms with E-state index in [1.807, 2.05) is 25.1 Å². The molecule has 40 heavy (non-hydrogen) atoms. The largest absolute Gasteiger partial charge is 0.496 e. The molecule has 0 radical (unpaired) electrons. The number of fused-ring (bicyclic) bond motifs is 1. The summed E-state index contributed by atoms with van der Waals surface area (Å²) in [5, 5.41) is 1.03. The number of benzene rings is 2. The molecule has 0 saturated carbocycles. The van der Waals surface area contributed by atoms with Crippen LogP contribution >= 0.6 is 34.5 Å². The highest BCUT2D eigenvalue weighted by atomic mass is 35.5. The number of thiazole rings is 1. The zero-order valence-corrected chi connectivity index (χ0v) is 24.4. The molecule has 0 aliphatic carbocycles. The van der Waals surface area contributed by atoms with Crippen LogP contribution in [0.4, 0.5) is 0 Å². The van der Waals surface area contributed by atoms with Crippen LogP contribution in [0.1, 0.15) is 44.1 Å². The lowest BCUT2D eigenvalue weighted by Crippen LogP contribution is -2.40. The van der Waals surface area contributed by atoms with Crippen LogP contribution in [-0.2, 0) is 9.53 Å². The predicted octanol–water partition coefficient (Wildman–Crippen LogP) is 6.15. The van der Waals surface area contributed by atoms with E-state index in [2.05, 4.69) is 0 Å². The van der Waals surface area contributed by atoms with Gasteiger partial charge in [0, 0.05) is 22.2 Å². The normalized spacial score (nSPS) is 15.1. The van der Waals surface area contributed by atoms with Gasteiger partial charge in [0.2, 0.25) is 0 Å². The Morgan fingerprint density at radius 1 is 1.15 bits per heavy atom. The Bertz CT molecular complexity index is 1800. The SMILES string of the molecule is CCCC1=C(C(=O)OCC)C(c2ccccc2OC)n2c(s/c(=C\c3ccc(-c4cc(Cl)ccc4Cl)o3)c2=O)=N1. The lowest BCUT2D eigenvalue weighted by Gasteiger charge is -2.26. The fourth-order valence-electron chi connectivity index (χ4n) is 4.70. The topological polar surface area (TPSA) is 83.0 Å². The minimum atomic E-state index is -0.771. The minimum Gasteiger partial charge on any atom is -0.496 e. The Morgan fingerprint density at radius 3 is 2.70 bits per heavy atom. The lowest BCUT2D eigenvalue weighted by molar-refractivity contribution is -0.139. The number of carbonyl (C=O) groups excluding carboxylic acids is 1. The zero-order valence-electron chi connectivity index (χ0n) is 22.1. The first kappa shape index (κ1) is 28.0. The van der Waals surface area contributed by atoms with Gasteiger partial charge in [-0.1, -0.05) is 66.1 Å². The molecule has 1 aliphatic rings. The van der Waals surface area contributed by atoms with E-state index in [9.17, 15) is 9.59 Å². The van der Waals surface area contributed by atoms with Crippen molar-refractivity contribution < 1.29 is 18.7 Å². The standard InChI is InChI=1S/C30H26Cl2N2O5S/c1-4-8-22-26(29(36)38-5-2)27(19-9-6-7-10-23(19)37-3)34-28(35)25(40-30(34)33-22)16-18-12-14-24(39-18)20-15-17(31)11-13-21(20)32/h6-7,9-16,27H,4-5,8H2,1-3H3/b25-16-. The van der Waals surface area contributed by atoms with Gasteiger partial charge in [-0.2, -0.15) is 0 Å². The van der Waals surface area contributed by atoms with Crippen LogP contribution in [0.3, 0.4) is 0 Å². The van der Waals surface area contributed by atoms with Crippen molar-refractivity contribution in [3.05, 3.63) is 107 Å². The number of para-hydroxylation sites is 1. The Kier molecular flexibility index (Phi) is 8.30. The van der Waals surface area contributed by atoms with E-state index in [-0.39, 0.29) is 12.2 Å². The summed E-state index contributed by atoms with van der Waals surface area (Å²) in [7, 11) is 1.56. The molecule has 0 spiro atoms. The van der Waals surface area contributed by atoms with Crippen molar-refractivity contribution in [1.82, 2.24) is 4.57 Å². The molecular formula is C30H26Cl2N2O5S. The Balaban J connectivity index is 1.70. The molecule has 0 N–H and O–H groups in total. The summed E-state index contributed by atoms with van der Waals surface area (Å²) in [5.74, 6) is 1.03. The Labute approximate surface area is 244 Å². The molecule has 5 rings (SSSR count). The molecule has 1 unspecified atom stereocenters. The summed E-state index contributed by atoms with van der Waals surface area (Å²) in [5.41, 5.74) is 1.94. The van der Waals surface area contributed by atoms with Gasteiger partial charge in [0.15, 0.2) is 4.80 Å². The number of methoxy groups -OCH3 is 1. The van der Waals surface area contributed by atoms with Gasteiger partial charge < -0.3 is 13.9 Å². The average Bonchev–Trinajstić information content (AvgIpc) is 3.53. The first-order valence-electron chi connectivity index (χ1n) is 12.8. The van der Waals surface area contributed by atoms with E-state index in [1.165, 1.54) is 15.9 Å². The third kappa shape index (κ3) is 5.27. The molecule has 0 bridgehead atoms. The number of nitrogens with zero attached hydrogens (tertiary/aromatic N) is 2. The van der Waals surface area contributed by atoms with E-state index >= 15 is 0 Å². The van der Waals surface area contributed by atoms with Crippen molar-refractivity contribution in [2.75, 3.05) is 13.7 Å². The summed E-state index contributed by atoms with van der Waals surface area (Å²) in [4.78, 5) is 32.6. The van der Waals surface area contributed by atoms with Gasteiger partial charge >= 0.3 is 5.97 Å². The molecular weight excluding hydrogens is 571 g/mol. The van der Waals surface area contributed by atoms with E-state index in [4.69, 9.17) is 42.1 Å². The van der Waals surface area contributed by atoms with Crippen LogP contribution in [0.5, 0.6) is 5.75 Å². The molecule has 206 valence electrons. The summed E-state index contributed by atoms with van der Waals surface area (Å²) in [6.07, 6.45) is 2.97. The highest BCUT2D eigenvalue weighted by Gasteiger charge is 2.35. The summed E-state index contributed by atoms with van der Waals surface area (Å²) < 4.78 is 19.1. The molecule has 1 aliphatic heterocycles. The Hall–Kier alpha value is -3.59. The Morgan fingerprint density at radius 2 is 1.95 bits per heavy atom. The predicted molar refractivity (Wildman–Crippen MR) is 157 cm³/mol. The number of ether oxygens (including phenoxy) is 2. The number of furan rings is 1. The van der Waals surface area contributed by atoms with Gasteiger partial charge in [0.05, 0.1) is 34.5 Å². The van der Waals surface area contributed by atoms with Crippen molar-refractivity contribution in [1.29, 1.82) is 0 Å². The molecule has 0 fully saturated rings. The highest BCUT2D eigenvalue weighted by molar-refractivity contribution is 7.07. The molecule has 2 aromatic heterocycles. The monoisotopic (exact) mass is 596 g/mol. The molecule has 7 nitrogen and oxygen atoms in total. The number of halogens is 2. The number of aromatic nitrogens is 1. The smallest absolute Gasteiger partial charge is 0.338 e. The fourth-order valence-corrected chi connectivity index (χ4v) is 6.08. The van der Waals surface area contributed by atoms with Crippen LogP contribution in [0.2, 0.25) is 10.0 Å². The number of carbonyl (C=O) groups is 1. The molecule has 0 saturated heterocycles. The summed E-state index contributed by atoms with van der Waals surface area (Å²) in [6, 6.07) is 15.2. The molecule has 4 aromatic rings. The van der Waals surface area contributed by atoms with Crippen molar-refractivity contribution in [2.24, 2.45) is 4.99 Å². The number of allylic oxidation sites excluding steroid dienone is 1. The summed E-state index contributed by atoms with van der Waals surface area (Å²) >= 11 is 13.7. The average molecular weight is 598 g/mol. The van der Waals surface area contributed by atoms with Crippen molar-refractivity contribution >= 4 is 46.6 Å². The van der Waals surface area contributed by atoms with Crippen LogP contribution in [-0.4, -0.2) is 24.3 Å². The molecule has 0 amide bonds. The van der Waals surface area contributed by atoms with Crippen LogP contribution in [0.15, 0.2) is 80.1 Å². The molecule has 2 aromatic carbocycles. The summed E-state index contributed by atoms with van der Waals surface area (Å²) in [6.45, 7) is 3.96. The van der Waals surface area contributed by atoms with Crippen molar-refractivity contribution in [3.8, 4) is 17.1 Å². The number of hydrogen-bond acceptors (Lipinski definition) is 7. The maximum atomic E-state index is 14.0. The van der Waals surface area contributed by atoms with E-state index < -0.39 is 12.0 Å². The quantitative estimate of drug-likeness (QED) is 0.228. The number of rotatable bonds is 8. The highest BCUT2D eigenvalue weighted by Crippen LogP contribution is 2.37. The van der Waals surface area contributed by atoms with E-state index in [0.717, 1.165) is 6.42 Å². The van der Waals surface area contributed by atoms with Crippen LogP contribution in [0, 0.1) is 0 Å². The molecule has 10 heteroatoms. The lowest BCUT2D eigenvalue weighted by atomic mass is 9.93. The molecule has 3 heterocycles. The maximum absolute atomic E-state index is 14.0. The first-order valence-corrected chi connectivity index (χ1v) is 14.3. The second-order valence-corrected chi connectivity index (χ2v) is 10.8. The first-order chi connectivity index (χ1) is 19.4. The fraction of sp³-hybridized carbons (Fsp3) is 0.233.